The summed E-state index contributed by atoms with van der Waals surface area (Å²) in [5, 5.41) is 42.1. The van der Waals surface area contributed by atoms with Crippen molar-refractivity contribution in [3.63, 3.8) is 0 Å². The zero-order valence-electron chi connectivity index (χ0n) is 77.4. The number of imidazole rings is 3. The number of carbonyl (C=O) groups excluding carboxylic acids is 2. The number of halogens is 9. The van der Waals surface area contributed by atoms with Gasteiger partial charge >= 0.3 is 14.9 Å². The third-order valence-electron chi connectivity index (χ3n) is 25.2. The number of nitrogens with one attached hydrogen (secondary N) is 1. The van der Waals surface area contributed by atoms with Crippen molar-refractivity contribution >= 4 is 294 Å². The Balaban J connectivity index is 0.000000108. The lowest BCUT2D eigenvalue weighted by molar-refractivity contribution is 0.111. The first-order valence-electron chi connectivity index (χ1n) is 46.1. The van der Waals surface area contributed by atoms with E-state index in [0.29, 0.717) is 46.7 Å². The van der Waals surface area contributed by atoms with Crippen molar-refractivity contribution in [1.29, 1.82) is 0 Å². The Labute approximate surface area is 884 Å². The molecule has 5 heterocycles. The van der Waals surface area contributed by atoms with Crippen LogP contribution in [0.3, 0.4) is 0 Å². The molecule has 5 aromatic heterocycles. The van der Waals surface area contributed by atoms with Crippen molar-refractivity contribution in [2.45, 2.75) is 13.8 Å². The lowest BCUT2D eigenvalue weighted by Crippen LogP contribution is -2.30. The molecule has 26 rings (SSSR count). The fourth-order valence-corrected chi connectivity index (χ4v) is 21.4. The number of fused-ring (bicyclic) bond motifs is 24. The van der Waals surface area contributed by atoms with Gasteiger partial charge in [-0.15, -0.1) is 0 Å². The van der Waals surface area contributed by atoms with E-state index in [4.69, 9.17) is 118 Å². The van der Waals surface area contributed by atoms with E-state index in [1.807, 2.05) is 237 Å². The molecule has 0 aliphatic carbocycles. The number of H-pyrrole nitrogens is 1. The number of aldehydes is 2. The number of nitrogens with zero attached hydrogens (tertiary/aromatic N) is 5. The van der Waals surface area contributed by atoms with E-state index in [0.717, 1.165) is 159 Å². The van der Waals surface area contributed by atoms with Crippen molar-refractivity contribution in [1.82, 2.24) is 28.7 Å². The molecule has 0 unspecified atom stereocenters. The van der Waals surface area contributed by atoms with Gasteiger partial charge in [0.25, 0.3) is 0 Å². The second-order valence-electron chi connectivity index (χ2n) is 34.1. The Bertz CT molecular complexity index is 9140. The second-order valence-corrected chi connectivity index (χ2v) is 40.0. The predicted octanol–water partition coefficient (Wildman–Crippen LogP) is 35.0. The summed E-state index contributed by atoms with van der Waals surface area (Å²) in [5.41, 5.74) is 19.7. The summed E-state index contributed by atoms with van der Waals surface area (Å²) in [6, 6.07) is 141. The molecule has 0 saturated heterocycles. The molecular formula is C123H82BBrCl8N6O5P+. The Morgan fingerprint density at radius 2 is 0.662 bits per heavy atom. The molecule has 0 aliphatic rings. The summed E-state index contributed by atoms with van der Waals surface area (Å²) in [7, 11) is -2.90. The van der Waals surface area contributed by atoms with Crippen LogP contribution in [0.25, 0.3) is 175 Å². The molecule has 0 atom stereocenters. The van der Waals surface area contributed by atoms with Crippen LogP contribution >= 0.6 is 117 Å². The summed E-state index contributed by atoms with van der Waals surface area (Å²) >= 11 is 52.2. The van der Waals surface area contributed by atoms with Gasteiger partial charge in [-0.25, -0.2) is 15.0 Å². The number of aromatic amines is 1. The largest absolute Gasteiger partial charge is 0.489 e. The number of aromatic nitrogens is 6. The topological polar surface area (TPSA) is 155 Å². The quantitative estimate of drug-likeness (QED) is 0.0588. The Morgan fingerprint density at radius 3 is 1.11 bits per heavy atom. The Morgan fingerprint density at radius 1 is 0.310 bits per heavy atom. The number of hydrogen-bond acceptors (Lipinski definition) is 8. The van der Waals surface area contributed by atoms with Crippen LogP contribution in [0.2, 0.25) is 40.2 Å². The van der Waals surface area contributed by atoms with E-state index in [-0.39, 0.29) is 0 Å². The smallest absolute Gasteiger partial charge is 0.423 e. The highest BCUT2D eigenvalue weighted by Crippen LogP contribution is 2.45. The van der Waals surface area contributed by atoms with Crippen molar-refractivity contribution < 1.29 is 24.2 Å². The van der Waals surface area contributed by atoms with Crippen LogP contribution in [-0.2, 0) is 4.57 Å². The number of benzene rings is 21. The molecule has 0 spiro atoms. The molecule has 0 saturated carbocycles. The van der Waals surface area contributed by atoms with Crippen LogP contribution in [0, 0.1) is 13.8 Å². The van der Waals surface area contributed by atoms with E-state index in [2.05, 4.69) is 201 Å². The van der Waals surface area contributed by atoms with Gasteiger partial charge in [0.05, 0.1) is 44.1 Å². The number of carbonyl (C=O) groups is 2. The van der Waals surface area contributed by atoms with Gasteiger partial charge in [0.2, 0.25) is 0 Å². The van der Waals surface area contributed by atoms with Crippen LogP contribution in [0.1, 0.15) is 31.8 Å². The minimum atomic E-state index is -1.48. The summed E-state index contributed by atoms with van der Waals surface area (Å²) in [6.07, 6.45) is 1.72. The molecule has 11 nitrogen and oxygen atoms in total. The van der Waals surface area contributed by atoms with E-state index in [1.54, 1.807) is 36.4 Å². The van der Waals surface area contributed by atoms with Crippen molar-refractivity contribution in [2.24, 2.45) is 0 Å². The van der Waals surface area contributed by atoms with Gasteiger partial charge < -0.3 is 15.0 Å². The summed E-state index contributed by atoms with van der Waals surface area (Å²) in [4.78, 5) is 40.7. The normalized spacial score (nSPS) is 11.0. The van der Waals surface area contributed by atoms with E-state index >= 15 is 0 Å². The first-order chi connectivity index (χ1) is 70.6. The third-order valence-corrected chi connectivity index (χ3v) is 29.6. The molecule has 3 N–H and O–H groups in total. The zero-order valence-corrected chi connectivity index (χ0v) is 86.0. The monoisotopic (exact) mass is 2120 g/mol. The number of hydrogen-bond donors (Lipinski definition) is 3. The third kappa shape index (κ3) is 21.3. The van der Waals surface area contributed by atoms with Gasteiger partial charge in [-0.2, -0.15) is 0 Å². The molecule has 145 heavy (non-hydrogen) atoms. The molecule has 0 bridgehead atoms. The SMILES string of the molecule is Cc1ccccc1C.Clc1ccc2c(-c3nc4ccccc4[nH]3)c(-c3ccccc3Cl)ccc2c1.Clc1ccc2c(ccc3c4ccccc4n4c5ccccc5nc4c23)c1.Clc1ccc2c(ccc3c4ccccc4n4c5ccccc5nc4c23)c1.O=Cc1c(-c2ccccc2Cl)ccc2cc(Cl)ccc12.O=Cc1c(Br)ccc2cc(Cl)ccc12.O=[P+](c1ccccc1)c1ccccc1.OB(O)c1ccccc1Cl. The zero-order chi connectivity index (χ0) is 100. The highest BCUT2D eigenvalue weighted by molar-refractivity contribution is 9.10. The Kier molecular flexibility index (Phi) is 30.7. The second kappa shape index (κ2) is 44.8. The maximum atomic E-state index is 12.0. The predicted molar refractivity (Wildman–Crippen MR) is 619 cm³/mol. The fourth-order valence-electron chi connectivity index (χ4n) is 18.1. The summed E-state index contributed by atoms with van der Waals surface area (Å²) in [6.45, 7) is 4.24. The van der Waals surface area contributed by atoms with E-state index in [9.17, 15) is 14.2 Å². The lowest BCUT2D eigenvalue weighted by atomic mass is 9.80. The average Bonchev–Trinajstić information content (AvgIpc) is 1.57. The molecule has 21 aromatic carbocycles. The van der Waals surface area contributed by atoms with Gasteiger partial charge in [0.1, 0.15) is 17.1 Å². The number of rotatable bonds is 8. The Hall–Kier alpha value is -14.4. The molecule has 0 aliphatic heterocycles. The van der Waals surface area contributed by atoms with Gasteiger partial charge in [-0.3, -0.25) is 18.4 Å². The van der Waals surface area contributed by atoms with Crippen LogP contribution in [0.5, 0.6) is 0 Å². The maximum Gasteiger partial charge on any atom is 0.489 e. The van der Waals surface area contributed by atoms with Gasteiger partial charge in [0.15, 0.2) is 23.2 Å². The van der Waals surface area contributed by atoms with Crippen LogP contribution in [-0.4, -0.2) is 58.5 Å². The van der Waals surface area contributed by atoms with Gasteiger partial charge in [0, 0.05) is 99.5 Å². The molecule has 0 amide bonds. The van der Waals surface area contributed by atoms with Crippen molar-refractivity contribution in [2.75, 3.05) is 0 Å². The van der Waals surface area contributed by atoms with Gasteiger partial charge in [-0.05, 0) is 258 Å². The average molecular weight is 2130 g/mol. The molecule has 26 aromatic rings. The number of pyridine rings is 2. The van der Waals surface area contributed by atoms with E-state index in [1.165, 1.54) is 65.3 Å². The minimum Gasteiger partial charge on any atom is -0.423 e. The first kappa shape index (κ1) is 99.3. The molecule has 0 radical (unpaired) electrons. The van der Waals surface area contributed by atoms with Crippen LogP contribution in [0.15, 0.2) is 435 Å². The van der Waals surface area contributed by atoms with Crippen molar-refractivity contribution in [3.8, 4) is 33.6 Å². The maximum absolute atomic E-state index is 12.0. The van der Waals surface area contributed by atoms with E-state index < -0.39 is 14.9 Å². The highest BCUT2D eigenvalue weighted by Gasteiger charge is 2.25. The number of aryl methyl sites for hydroxylation is 2. The summed E-state index contributed by atoms with van der Waals surface area (Å²) in [5.74, 6) is 0.819. The molecule has 704 valence electrons. The highest BCUT2D eigenvalue weighted by atomic mass is 79.9. The molecule has 0 fully saturated rings. The fraction of sp³-hybridized carbons (Fsp3) is 0.0163. The van der Waals surface area contributed by atoms with Crippen LogP contribution in [0.4, 0.5) is 0 Å². The minimum absolute atomic E-state index is 0.337. The lowest BCUT2D eigenvalue weighted by Gasteiger charge is -2.13. The summed E-state index contributed by atoms with van der Waals surface area (Å²) < 4.78 is 17.4. The standard InChI is InChI=1S/C23H14Cl2N2.2C23H13ClN2.C17H10Cl2O.C12H10OP.C11H6BrClO.C8H10.C6H6BClO2/c24-15-10-12-16-14(13-15)9-11-18(17-5-1-2-6-19(17)25)22(16)23-26-20-7-3-4-8-21(20)27-23;2*24-15-10-12-16-14(13-15)9-11-18-17-5-1-3-7-20(17)26-21-8-4-2-6-19(21)25-23(26)22(16)18;18-12-6-8-13-11(9-12)5-7-14(16(13)10-20)15-3-1-2-4-17(15)19;13-14(11-7-3-1-4-8-11)12-9-5-2-6-10-12;12-11-4-1-7-5-8(13)2-3-9(7)10(11)6-14;1-7-5-3-4-6-8(7)2;8-6-4-2-1-3-5(6)7(9)10/h1-13H,(H,26,27);2*1-13H;1-10H;1-10H;1-6H;3-6H,1-2H3;1-4,9-10H/q;;;;+1;;;. The number of para-hydroxylation sites is 8. The van der Waals surface area contributed by atoms with Gasteiger partial charge in [-0.1, -0.05) is 386 Å². The molecular weight excluding hydrogens is 2050 g/mol. The first-order valence-corrected chi connectivity index (χ1v) is 51.2. The van der Waals surface area contributed by atoms with Crippen molar-refractivity contribution in [3.05, 3.63) is 498 Å². The van der Waals surface area contributed by atoms with Crippen LogP contribution < -0.4 is 16.1 Å². The molecule has 22 heteroatoms.